The van der Waals surface area contributed by atoms with Crippen LogP contribution in [0, 0.1) is 0 Å². The van der Waals surface area contributed by atoms with E-state index < -0.39 is 17.7 Å². The van der Waals surface area contributed by atoms with Gasteiger partial charge >= 0.3 is 0 Å². The molecule has 1 aromatic carbocycles. The summed E-state index contributed by atoms with van der Waals surface area (Å²) in [5.41, 5.74) is 0.177. The van der Waals surface area contributed by atoms with Gasteiger partial charge in [-0.15, -0.1) is 0 Å². The zero-order valence-corrected chi connectivity index (χ0v) is 12.3. The zero-order valence-electron chi connectivity index (χ0n) is 9.17. The highest BCUT2D eigenvalue weighted by molar-refractivity contribution is 9.13. The van der Waals surface area contributed by atoms with Gasteiger partial charge in [0.2, 0.25) is 12.0 Å². The molecule has 0 aliphatic carbocycles. The molecule has 0 aliphatic heterocycles. The highest BCUT2D eigenvalue weighted by Crippen LogP contribution is 2.28. The lowest BCUT2D eigenvalue weighted by Crippen LogP contribution is -2.26. The van der Waals surface area contributed by atoms with Gasteiger partial charge < -0.3 is 0 Å². The van der Waals surface area contributed by atoms with E-state index in [2.05, 4.69) is 31.9 Å². The maximum atomic E-state index is 13.6. The van der Waals surface area contributed by atoms with Gasteiger partial charge in [-0.3, -0.25) is 9.59 Å². The maximum absolute atomic E-state index is 13.6. The van der Waals surface area contributed by atoms with E-state index in [1.165, 1.54) is 6.07 Å². The number of carbonyl (C=O) groups is 2. The Bertz CT molecular complexity index is 446. The van der Waals surface area contributed by atoms with Crippen LogP contribution in [-0.4, -0.2) is 17.7 Å². The Labute approximate surface area is 116 Å². The zero-order chi connectivity index (χ0) is 13.0. The van der Waals surface area contributed by atoms with E-state index in [0.717, 1.165) is 0 Å². The van der Waals surface area contributed by atoms with Crippen molar-refractivity contribution >= 4 is 43.4 Å². The lowest BCUT2D eigenvalue weighted by molar-refractivity contribution is -0.122. The predicted octanol–water partition coefficient (Wildman–Crippen LogP) is 4.10. The molecule has 17 heavy (non-hydrogen) atoms. The largest absolute Gasteiger partial charge is 0.296 e. The van der Waals surface area contributed by atoms with Crippen LogP contribution in [-0.2, 0) is 4.79 Å². The van der Waals surface area contributed by atoms with E-state index >= 15 is 0 Å². The van der Waals surface area contributed by atoms with Gasteiger partial charge in [0.1, 0.15) is 0 Å². The summed E-state index contributed by atoms with van der Waals surface area (Å²) in [7, 11) is 0. The van der Waals surface area contributed by atoms with Crippen LogP contribution in [0.25, 0.3) is 0 Å². The number of alkyl halides is 1. The van der Waals surface area contributed by atoms with Crippen molar-refractivity contribution < 1.29 is 14.0 Å². The highest BCUT2D eigenvalue weighted by atomic mass is 79.9. The summed E-state index contributed by atoms with van der Waals surface area (Å²) in [6, 6.07) is 4.84. The Morgan fingerprint density at radius 2 is 2.00 bits per heavy atom. The maximum Gasteiger partial charge on any atom is 0.220 e. The summed E-state index contributed by atoms with van der Waals surface area (Å²) < 4.78 is 14.8. The van der Waals surface area contributed by atoms with Crippen molar-refractivity contribution in [3.8, 4) is 0 Å². The summed E-state index contributed by atoms with van der Waals surface area (Å²) in [5, 5.41) is 0. The fraction of sp³-hybridized carbons (Fsp3) is 0.333. The van der Waals surface area contributed by atoms with Crippen LogP contribution in [0.1, 0.15) is 30.1 Å². The summed E-state index contributed by atoms with van der Waals surface area (Å²) in [6.07, 6.45) is -1.45. The molecule has 1 atom stereocenters. The third-order valence-electron chi connectivity index (χ3n) is 2.23. The number of halogens is 3. The van der Waals surface area contributed by atoms with Crippen LogP contribution in [0.3, 0.4) is 0 Å². The minimum Gasteiger partial charge on any atom is -0.296 e. The lowest BCUT2D eigenvalue weighted by atomic mass is 10.0. The first-order chi connectivity index (χ1) is 7.99. The van der Waals surface area contributed by atoms with Gasteiger partial charge in [-0.25, -0.2) is 4.39 Å². The molecule has 0 spiro atoms. The van der Waals surface area contributed by atoms with Crippen molar-refractivity contribution in [3.63, 3.8) is 0 Å². The Morgan fingerprint density at radius 1 is 1.35 bits per heavy atom. The topological polar surface area (TPSA) is 34.1 Å². The van der Waals surface area contributed by atoms with Crippen LogP contribution in [0.2, 0.25) is 0 Å². The van der Waals surface area contributed by atoms with Crippen LogP contribution in [0.4, 0.5) is 4.39 Å². The highest BCUT2D eigenvalue weighted by Gasteiger charge is 2.27. The predicted molar refractivity (Wildman–Crippen MR) is 71.0 cm³/mol. The van der Waals surface area contributed by atoms with Crippen molar-refractivity contribution in [3.05, 3.63) is 32.7 Å². The van der Waals surface area contributed by atoms with E-state index in [4.69, 9.17) is 0 Å². The quantitative estimate of drug-likeness (QED) is 0.581. The molecule has 0 aromatic heterocycles. The Morgan fingerprint density at radius 3 is 2.59 bits per heavy atom. The summed E-state index contributed by atoms with van der Waals surface area (Å²) in [5.74, 6) is -1.46. The number of hydrogen-bond acceptors (Lipinski definition) is 2. The summed E-state index contributed by atoms with van der Waals surface area (Å²) in [6.45, 7) is 1.77. The van der Waals surface area contributed by atoms with Gasteiger partial charge in [-0.2, -0.15) is 0 Å². The molecule has 2 nitrogen and oxygen atoms in total. The standard InChI is InChI=1S/C12H11Br2FO2/c1-2-4-9(16)11(15)12(17)7-5-3-6-8(13)10(7)14/h3,5-6,11H,2,4H2,1H3. The third-order valence-corrected chi connectivity index (χ3v) is 4.27. The molecule has 0 heterocycles. The van der Waals surface area contributed by atoms with E-state index in [1.54, 1.807) is 19.1 Å². The molecule has 0 N–H and O–H groups in total. The SMILES string of the molecule is CCCC(=O)C(F)C(=O)c1cccc(Br)c1Br. The van der Waals surface area contributed by atoms with Crippen molar-refractivity contribution in [2.24, 2.45) is 0 Å². The van der Waals surface area contributed by atoms with Crippen molar-refractivity contribution in [2.75, 3.05) is 0 Å². The van der Waals surface area contributed by atoms with Crippen LogP contribution >= 0.6 is 31.9 Å². The van der Waals surface area contributed by atoms with Gasteiger partial charge in [0.15, 0.2) is 5.78 Å². The number of ketones is 2. The molecular formula is C12H11Br2FO2. The normalized spacial score (nSPS) is 12.2. The fourth-order valence-corrected chi connectivity index (χ4v) is 2.18. The van der Waals surface area contributed by atoms with Crippen molar-refractivity contribution in [1.29, 1.82) is 0 Å². The lowest BCUT2D eigenvalue weighted by Gasteiger charge is -2.08. The molecule has 0 saturated carbocycles. The third kappa shape index (κ3) is 3.45. The minimum absolute atomic E-state index is 0.0819. The van der Waals surface area contributed by atoms with Gasteiger partial charge in [0, 0.05) is 20.9 Å². The molecule has 1 rings (SSSR count). The minimum atomic E-state index is -2.07. The molecule has 0 amide bonds. The molecule has 0 bridgehead atoms. The Balaban J connectivity index is 2.97. The van der Waals surface area contributed by atoms with Gasteiger partial charge in [0.25, 0.3) is 0 Å². The number of benzene rings is 1. The average molecular weight is 366 g/mol. The molecule has 92 valence electrons. The summed E-state index contributed by atoms with van der Waals surface area (Å²) >= 11 is 6.42. The molecule has 0 radical (unpaired) electrons. The molecule has 5 heteroatoms. The second-order valence-corrected chi connectivity index (χ2v) is 5.19. The monoisotopic (exact) mass is 364 g/mol. The van der Waals surface area contributed by atoms with Crippen molar-refractivity contribution in [1.82, 2.24) is 0 Å². The number of hydrogen-bond donors (Lipinski definition) is 0. The van der Waals surface area contributed by atoms with E-state index in [9.17, 15) is 14.0 Å². The Kier molecular flexibility index (Phi) is 5.46. The summed E-state index contributed by atoms with van der Waals surface area (Å²) in [4.78, 5) is 23.1. The molecule has 0 fully saturated rings. The van der Waals surface area contributed by atoms with E-state index in [0.29, 0.717) is 15.4 Å². The van der Waals surface area contributed by atoms with E-state index in [1.807, 2.05) is 0 Å². The number of carbonyl (C=O) groups excluding carboxylic acids is 2. The molecule has 0 saturated heterocycles. The van der Waals surface area contributed by atoms with Gasteiger partial charge in [-0.1, -0.05) is 19.1 Å². The molecule has 1 unspecified atom stereocenters. The first-order valence-corrected chi connectivity index (χ1v) is 6.72. The van der Waals surface area contributed by atoms with Gasteiger partial charge in [0.05, 0.1) is 0 Å². The smallest absolute Gasteiger partial charge is 0.220 e. The van der Waals surface area contributed by atoms with Crippen LogP contribution < -0.4 is 0 Å². The van der Waals surface area contributed by atoms with Crippen LogP contribution in [0.5, 0.6) is 0 Å². The molecular weight excluding hydrogens is 355 g/mol. The Hall–Kier alpha value is -0.550. The van der Waals surface area contributed by atoms with Gasteiger partial charge in [-0.05, 0) is 44.3 Å². The second-order valence-electron chi connectivity index (χ2n) is 3.54. The molecule has 0 aliphatic rings. The second kappa shape index (κ2) is 6.40. The average Bonchev–Trinajstić information content (AvgIpc) is 2.31. The number of rotatable bonds is 5. The first-order valence-electron chi connectivity index (χ1n) is 5.14. The molecule has 1 aromatic rings. The first kappa shape index (κ1) is 14.5. The fourth-order valence-electron chi connectivity index (χ4n) is 1.35. The van der Waals surface area contributed by atoms with Crippen molar-refractivity contribution in [2.45, 2.75) is 25.9 Å². The number of Topliss-reactive ketones (excluding diaryl/α,β-unsaturated/α-hetero) is 2. The van der Waals surface area contributed by atoms with E-state index in [-0.39, 0.29) is 12.0 Å². The van der Waals surface area contributed by atoms with Crippen LogP contribution in [0.15, 0.2) is 27.1 Å².